The molecule has 1 aromatic carbocycles. The average molecular weight is 261 g/mol. The van der Waals surface area contributed by atoms with Crippen molar-refractivity contribution in [1.29, 1.82) is 0 Å². The van der Waals surface area contributed by atoms with Gasteiger partial charge in [-0.2, -0.15) is 5.10 Å². The summed E-state index contributed by atoms with van der Waals surface area (Å²) >= 11 is 0. The fourth-order valence-electron chi connectivity index (χ4n) is 2.17. The van der Waals surface area contributed by atoms with Crippen LogP contribution in [0.5, 0.6) is 0 Å². The van der Waals surface area contributed by atoms with Gasteiger partial charge in [0.2, 0.25) is 0 Å². The van der Waals surface area contributed by atoms with E-state index in [1.165, 1.54) is 0 Å². The van der Waals surface area contributed by atoms with Crippen LogP contribution in [0.1, 0.15) is 16.8 Å². The van der Waals surface area contributed by atoms with Crippen molar-refractivity contribution >= 4 is 16.8 Å². The number of benzene rings is 1. The van der Waals surface area contributed by atoms with E-state index in [2.05, 4.69) is 15.5 Å². The van der Waals surface area contributed by atoms with Gasteiger partial charge in [0, 0.05) is 30.5 Å². The molecule has 0 bridgehead atoms. The van der Waals surface area contributed by atoms with Gasteiger partial charge in [0.15, 0.2) is 0 Å². The van der Waals surface area contributed by atoms with Crippen molar-refractivity contribution in [2.75, 3.05) is 19.8 Å². The molecule has 1 aliphatic heterocycles. The summed E-state index contributed by atoms with van der Waals surface area (Å²) in [5.41, 5.74) is 0.505. The standard InChI is InChI=1S/C13H15N3O3/c17-12(14-7-13(18)3-4-19-8-13)9-1-2-11-10(5-9)6-15-16-11/h1-2,5-6,18H,3-4,7-8H2,(H,14,17)(H,15,16). The fourth-order valence-corrected chi connectivity index (χ4v) is 2.17. The van der Waals surface area contributed by atoms with E-state index >= 15 is 0 Å². The Labute approximate surface area is 109 Å². The Hall–Kier alpha value is -1.92. The highest BCUT2D eigenvalue weighted by atomic mass is 16.5. The number of ether oxygens (including phenoxy) is 1. The molecule has 0 spiro atoms. The number of H-pyrrole nitrogens is 1. The van der Waals surface area contributed by atoms with Crippen molar-refractivity contribution in [3.8, 4) is 0 Å². The van der Waals surface area contributed by atoms with Crippen LogP contribution in [-0.4, -0.2) is 46.6 Å². The molecule has 1 atom stereocenters. The predicted octanol–water partition coefficient (Wildman–Crippen LogP) is 0.444. The molecule has 3 rings (SSSR count). The first-order valence-corrected chi connectivity index (χ1v) is 6.18. The van der Waals surface area contributed by atoms with E-state index in [-0.39, 0.29) is 19.1 Å². The molecule has 2 aromatic rings. The molecule has 1 aromatic heterocycles. The van der Waals surface area contributed by atoms with Crippen molar-refractivity contribution in [3.05, 3.63) is 30.0 Å². The van der Waals surface area contributed by atoms with Gasteiger partial charge in [-0.05, 0) is 18.2 Å². The molecule has 6 nitrogen and oxygen atoms in total. The van der Waals surface area contributed by atoms with Crippen LogP contribution in [0.2, 0.25) is 0 Å². The molecule has 1 amide bonds. The van der Waals surface area contributed by atoms with Crippen LogP contribution in [0.15, 0.2) is 24.4 Å². The average Bonchev–Trinajstić information content (AvgIpc) is 3.04. The number of hydrogen-bond acceptors (Lipinski definition) is 4. The summed E-state index contributed by atoms with van der Waals surface area (Å²) < 4.78 is 5.13. The van der Waals surface area contributed by atoms with Gasteiger partial charge in [-0.1, -0.05) is 0 Å². The Bertz CT molecular complexity index is 602. The second kappa shape index (κ2) is 4.64. The molecular weight excluding hydrogens is 246 g/mol. The summed E-state index contributed by atoms with van der Waals surface area (Å²) in [5.74, 6) is -0.205. The molecule has 0 aliphatic carbocycles. The minimum atomic E-state index is -0.935. The van der Waals surface area contributed by atoms with Crippen LogP contribution in [0, 0.1) is 0 Å². The van der Waals surface area contributed by atoms with Gasteiger partial charge in [0.1, 0.15) is 5.60 Å². The van der Waals surface area contributed by atoms with Gasteiger partial charge in [-0.15, -0.1) is 0 Å². The molecular formula is C13H15N3O3. The zero-order valence-corrected chi connectivity index (χ0v) is 10.3. The van der Waals surface area contributed by atoms with Gasteiger partial charge in [-0.25, -0.2) is 0 Å². The van der Waals surface area contributed by atoms with Gasteiger partial charge < -0.3 is 15.2 Å². The summed E-state index contributed by atoms with van der Waals surface area (Å²) in [6.07, 6.45) is 2.22. The van der Waals surface area contributed by atoms with Crippen LogP contribution >= 0.6 is 0 Å². The number of amides is 1. The van der Waals surface area contributed by atoms with Crippen molar-refractivity contribution in [1.82, 2.24) is 15.5 Å². The lowest BCUT2D eigenvalue weighted by molar-refractivity contribution is 0.0264. The highest BCUT2D eigenvalue weighted by Gasteiger charge is 2.32. The molecule has 2 heterocycles. The van der Waals surface area contributed by atoms with Crippen LogP contribution in [-0.2, 0) is 4.74 Å². The van der Waals surface area contributed by atoms with E-state index < -0.39 is 5.60 Å². The van der Waals surface area contributed by atoms with Gasteiger partial charge in [-0.3, -0.25) is 9.89 Å². The summed E-state index contributed by atoms with van der Waals surface area (Å²) in [5, 5.41) is 20.4. The Kier molecular flexibility index (Phi) is 2.96. The number of aromatic amines is 1. The molecule has 3 N–H and O–H groups in total. The Morgan fingerprint density at radius 2 is 2.47 bits per heavy atom. The third kappa shape index (κ3) is 2.45. The first-order chi connectivity index (χ1) is 9.16. The number of nitrogens with zero attached hydrogens (tertiary/aromatic N) is 1. The molecule has 1 aliphatic rings. The number of rotatable bonds is 3. The van der Waals surface area contributed by atoms with Gasteiger partial charge in [0.25, 0.3) is 5.91 Å². The zero-order valence-electron chi connectivity index (χ0n) is 10.3. The summed E-state index contributed by atoms with van der Waals surface area (Å²) in [4.78, 5) is 12.0. The highest BCUT2D eigenvalue weighted by Crippen LogP contribution is 2.17. The summed E-state index contributed by atoms with van der Waals surface area (Å²) in [7, 11) is 0. The monoisotopic (exact) mass is 261 g/mol. The number of fused-ring (bicyclic) bond motifs is 1. The topological polar surface area (TPSA) is 87.2 Å². The predicted molar refractivity (Wildman–Crippen MR) is 68.8 cm³/mol. The SMILES string of the molecule is O=C(NCC1(O)CCOC1)c1ccc2[nH]ncc2c1. The van der Waals surface area contributed by atoms with Crippen molar-refractivity contribution in [2.45, 2.75) is 12.0 Å². The quantitative estimate of drug-likeness (QED) is 0.748. The number of aromatic nitrogens is 2. The Morgan fingerprint density at radius 1 is 1.58 bits per heavy atom. The van der Waals surface area contributed by atoms with E-state index in [4.69, 9.17) is 4.74 Å². The highest BCUT2D eigenvalue weighted by molar-refractivity contribution is 5.97. The molecule has 19 heavy (non-hydrogen) atoms. The smallest absolute Gasteiger partial charge is 0.251 e. The van der Waals surface area contributed by atoms with E-state index in [1.807, 2.05) is 6.07 Å². The maximum atomic E-state index is 12.0. The molecule has 1 fully saturated rings. The zero-order chi connectivity index (χ0) is 13.3. The van der Waals surface area contributed by atoms with Gasteiger partial charge >= 0.3 is 0 Å². The minimum Gasteiger partial charge on any atom is -0.386 e. The number of nitrogens with one attached hydrogen (secondary N) is 2. The van der Waals surface area contributed by atoms with Gasteiger partial charge in [0.05, 0.1) is 18.3 Å². The third-order valence-corrected chi connectivity index (χ3v) is 3.36. The maximum absolute atomic E-state index is 12.0. The van der Waals surface area contributed by atoms with E-state index in [9.17, 15) is 9.90 Å². The second-order valence-corrected chi connectivity index (χ2v) is 4.88. The number of carbonyl (C=O) groups is 1. The van der Waals surface area contributed by atoms with Crippen LogP contribution < -0.4 is 5.32 Å². The summed E-state index contributed by atoms with van der Waals surface area (Å²) in [6, 6.07) is 5.30. The number of carbonyl (C=O) groups excluding carboxylic acids is 1. The third-order valence-electron chi connectivity index (χ3n) is 3.36. The van der Waals surface area contributed by atoms with E-state index in [0.29, 0.717) is 18.6 Å². The normalized spacial score (nSPS) is 22.8. The Balaban J connectivity index is 1.69. The lowest BCUT2D eigenvalue weighted by Crippen LogP contribution is -2.43. The van der Waals surface area contributed by atoms with Crippen LogP contribution in [0.25, 0.3) is 10.9 Å². The lowest BCUT2D eigenvalue weighted by Gasteiger charge is -2.20. The first-order valence-electron chi connectivity index (χ1n) is 6.18. The number of hydrogen-bond donors (Lipinski definition) is 3. The van der Waals surface area contributed by atoms with Crippen molar-refractivity contribution in [2.24, 2.45) is 0 Å². The second-order valence-electron chi connectivity index (χ2n) is 4.88. The van der Waals surface area contributed by atoms with E-state index in [1.54, 1.807) is 18.3 Å². The minimum absolute atomic E-state index is 0.204. The lowest BCUT2D eigenvalue weighted by atomic mass is 10.0. The molecule has 6 heteroatoms. The van der Waals surface area contributed by atoms with Crippen molar-refractivity contribution in [3.63, 3.8) is 0 Å². The fraction of sp³-hybridized carbons (Fsp3) is 0.385. The van der Waals surface area contributed by atoms with Crippen LogP contribution in [0.4, 0.5) is 0 Å². The summed E-state index contributed by atoms with van der Waals surface area (Å²) in [6.45, 7) is 1.01. The molecule has 1 saturated heterocycles. The molecule has 0 radical (unpaired) electrons. The maximum Gasteiger partial charge on any atom is 0.251 e. The largest absolute Gasteiger partial charge is 0.386 e. The molecule has 0 saturated carbocycles. The Morgan fingerprint density at radius 3 is 3.26 bits per heavy atom. The first kappa shape index (κ1) is 12.1. The number of aliphatic hydroxyl groups is 1. The van der Waals surface area contributed by atoms with E-state index in [0.717, 1.165) is 10.9 Å². The molecule has 1 unspecified atom stereocenters. The van der Waals surface area contributed by atoms with Crippen LogP contribution in [0.3, 0.4) is 0 Å². The van der Waals surface area contributed by atoms with Crippen molar-refractivity contribution < 1.29 is 14.6 Å². The molecule has 100 valence electrons.